The maximum Gasteiger partial charge on any atom is 0.256 e. The number of hydrogen-bond donors (Lipinski definition) is 1. The molecular weight excluding hydrogens is 290 g/mol. The average molecular weight is 311 g/mol. The summed E-state index contributed by atoms with van der Waals surface area (Å²) in [5.41, 5.74) is 0.658. The van der Waals surface area contributed by atoms with Crippen LogP contribution in [-0.2, 0) is 0 Å². The van der Waals surface area contributed by atoms with Gasteiger partial charge in [0.1, 0.15) is 23.0 Å². The Balaban J connectivity index is 1.87. The molecule has 0 aromatic carbocycles. The van der Waals surface area contributed by atoms with Crippen molar-refractivity contribution < 1.29 is 9.21 Å². The highest BCUT2D eigenvalue weighted by atomic mass is 16.4. The van der Waals surface area contributed by atoms with Crippen LogP contribution < -0.4 is 5.32 Å². The molecule has 1 aliphatic carbocycles. The SMILES string of the molecule is Cc1oc(-n2cccc2)c(C#N)c1C(=O)NC1CCCCCC1. The molecule has 1 aliphatic rings. The number of aromatic nitrogens is 1. The molecule has 1 N–H and O–H groups in total. The Morgan fingerprint density at radius 1 is 1.26 bits per heavy atom. The van der Waals surface area contributed by atoms with E-state index in [0.29, 0.717) is 22.8 Å². The van der Waals surface area contributed by atoms with E-state index in [9.17, 15) is 10.1 Å². The van der Waals surface area contributed by atoms with E-state index in [4.69, 9.17) is 4.42 Å². The van der Waals surface area contributed by atoms with Gasteiger partial charge < -0.3 is 9.73 Å². The van der Waals surface area contributed by atoms with Crippen molar-refractivity contribution in [3.8, 4) is 12.0 Å². The molecule has 5 heteroatoms. The van der Waals surface area contributed by atoms with Gasteiger partial charge in [0, 0.05) is 18.4 Å². The summed E-state index contributed by atoms with van der Waals surface area (Å²) >= 11 is 0. The van der Waals surface area contributed by atoms with E-state index in [-0.39, 0.29) is 11.9 Å². The van der Waals surface area contributed by atoms with Crippen molar-refractivity contribution in [1.82, 2.24) is 9.88 Å². The van der Waals surface area contributed by atoms with Gasteiger partial charge in [-0.2, -0.15) is 5.26 Å². The zero-order valence-corrected chi connectivity index (χ0v) is 13.3. The summed E-state index contributed by atoms with van der Waals surface area (Å²) in [5, 5.41) is 12.6. The highest BCUT2D eigenvalue weighted by Gasteiger charge is 2.26. The van der Waals surface area contributed by atoms with Crippen LogP contribution in [0.1, 0.15) is 60.2 Å². The monoisotopic (exact) mass is 311 g/mol. The van der Waals surface area contributed by atoms with E-state index in [0.717, 1.165) is 25.7 Å². The third-order valence-electron chi connectivity index (χ3n) is 4.43. The minimum atomic E-state index is -0.201. The molecule has 0 unspecified atom stereocenters. The third-order valence-corrected chi connectivity index (χ3v) is 4.43. The smallest absolute Gasteiger partial charge is 0.256 e. The van der Waals surface area contributed by atoms with Crippen molar-refractivity contribution in [2.45, 2.75) is 51.5 Å². The van der Waals surface area contributed by atoms with Crippen LogP contribution >= 0.6 is 0 Å². The second-order valence-corrected chi connectivity index (χ2v) is 6.08. The molecule has 2 aromatic heterocycles. The van der Waals surface area contributed by atoms with Crippen LogP contribution in [0.15, 0.2) is 28.9 Å². The van der Waals surface area contributed by atoms with Crippen LogP contribution in [0.3, 0.4) is 0 Å². The maximum absolute atomic E-state index is 12.7. The van der Waals surface area contributed by atoms with Gasteiger partial charge in [0.15, 0.2) is 0 Å². The standard InChI is InChI=1S/C18H21N3O2/c1-13-16(17(22)20-14-8-4-2-3-5-9-14)15(12-19)18(23-13)21-10-6-7-11-21/h6-7,10-11,14H,2-5,8-9H2,1H3,(H,20,22). The summed E-state index contributed by atoms with van der Waals surface area (Å²) in [7, 11) is 0. The highest BCUT2D eigenvalue weighted by molar-refractivity contribution is 5.98. The van der Waals surface area contributed by atoms with Crippen molar-refractivity contribution in [3.05, 3.63) is 41.4 Å². The molecule has 0 atom stereocenters. The summed E-state index contributed by atoms with van der Waals surface area (Å²) in [4.78, 5) is 12.7. The number of hydrogen-bond acceptors (Lipinski definition) is 3. The first-order valence-corrected chi connectivity index (χ1v) is 8.18. The minimum absolute atomic E-state index is 0.195. The molecule has 3 rings (SSSR count). The molecule has 0 bridgehead atoms. The molecule has 2 heterocycles. The first-order valence-electron chi connectivity index (χ1n) is 8.18. The van der Waals surface area contributed by atoms with Crippen LogP contribution in [0, 0.1) is 18.3 Å². The molecule has 120 valence electrons. The Morgan fingerprint density at radius 3 is 2.52 bits per heavy atom. The van der Waals surface area contributed by atoms with Gasteiger partial charge in [-0.15, -0.1) is 0 Å². The summed E-state index contributed by atoms with van der Waals surface area (Å²) in [6.07, 6.45) is 10.4. The van der Waals surface area contributed by atoms with Crippen molar-refractivity contribution in [3.63, 3.8) is 0 Å². The minimum Gasteiger partial charge on any atom is -0.443 e. The van der Waals surface area contributed by atoms with Gasteiger partial charge in [0.2, 0.25) is 5.88 Å². The van der Waals surface area contributed by atoms with Gasteiger partial charge >= 0.3 is 0 Å². The van der Waals surface area contributed by atoms with E-state index < -0.39 is 0 Å². The van der Waals surface area contributed by atoms with Crippen LogP contribution in [0.25, 0.3) is 5.88 Å². The first kappa shape index (κ1) is 15.4. The molecule has 23 heavy (non-hydrogen) atoms. The Morgan fingerprint density at radius 2 is 1.91 bits per heavy atom. The lowest BCUT2D eigenvalue weighted by molar-refractivity contribution is 0.0931. The van der Waals surface area contributed by atoms with Crippen LogP contribution in [0.5, 0.6) is 0 Å². The van der Waals surface area contributed by atoms with Gasteiger partial charge in [0.25, 0.3) is 5.91 Å². The number of furan rings is 1. The largest absolute Gasteiger partial charge is 0.443 e. The number of carbonyl (C=O) groups excluding carboxylic acids is 1. The first-order chi connectivity index (χ1) is 11.2. The zero-order valence-electron chi connectivity index (χ0n) is 13.3. The summed E-state index contributed by atoms with van der Waals surface area (Å²) < 4.78 is 7.41. The van der Waals surface area contributed by atoms with Crippen LogP contribution in [-0.4, -0.2) is 16.5 Å². The van der Waals surface area contributed by atoms with Crippen LogP contribution in [0.2, 0.25) is 0 Å². The summed E-state index contributed by atoms with van der Waals surface area (Å²) in [6, 6.07) is 6.03. The van der Waals surface area contributed by atoms with E-state index >= 15 is 0 Å². The number of nitrogens with zero attached hydrogens (tertiary/aromatic N) is 2. The van der Waals surface area contributed by atoms with Gasteiger partial charge in [0.05, 0.1) is 0 Å². The Bertz CT molecular complexity index is 714. The number of nitriles is 1. The fraction of sp³-hybridized carbons (Fsp3) is 0.444. The van der Waals surface area contributed by atoms with E-state index in [2.05, 4.69) is 11.4 Å². The number of aryl methyl sites for hydroxylation is 1. The predicted molar refractivity (Wildman–Crippen MR) is 86.4 cm³/mol. The molecule has 5 nitrogen and oxygen atoms in total. The quantitative estimate of drug-likeness (QED) is 0.878. The number of nitrogens with one attached hydrogen (secondary N) is 1. The lowest BCUT2D eigenvalue weighted by Crippen LogP contribution is -2.34. The van der Waals surface area contributed by atoms with Crippen molar-refractivity contribution in [2.24, 2.45) is 0 Å². The predicted octanol–water partition coefficient (Wildman–Crippen LogP) is 3.70. The summed E-state index contributed by atoms with van der Waals surface area (Å²) in [6.45, 7) is 1.73. The second kappa shape index (κ2) is 6.74. The van der Waals surface area contributed by atoms with E-state index in [1.807, 2.05) is 12.1 Å². The number of carbonyl (C=O) groups is 1. The topological polar surface area (TPSA) is 71.0 Å². The lowest BCUT2D eigenvalue weighted by Gasteiger charge is -2.15. The molecule has 2 aromatic rings. The molecule has 0 spiro atoms. The van der Waals surface area contributed by atoms with Crippen molar-refractivity contribution in [1.29, 1.82) is 5.26 Å². The number of rotatable bonds is 3. The molecule has 0 radical (unpaired) electrons. The molecule has 0 aliphatic heterocycles. The van der Waals surface area contributed by atoms with Crippen LogP contribution in [0.4, 0.5) is 0 Å². The average Bonchev–Trinajstić information content (AvgIpc) is 3.09. The van der Waals surface area contributed by atoms with Gasteiger partial charge in [-0.25, -0.2) is 0 Å². The van der Waals surface area contributed by atoms with Crippen molar-refractivity contribution in [2.75, 3.05) is 0 Å². The molecular formula is C18H21N3O2. The van der Waals surface area contributed by atoms with Gasteiger partial charge in [-0.3, -0.25) is 9.36 Å². The third kappa shape index (κ3) is 3.16. The lowest BCUT2D eigenvalue weighted by atomic mass is 10.1. The molecule has 1 amide bonds. The fourth-order valence-corrected chi connectivity index (χ4v) is 3.24. The number of amides is 1. The van der Waals surface area contributed by atoms with E-state index in [1.165, 1.54) is 12.8 Å². The van der Waals surface area contributed by atoms with Gasteiger partial charge in [-0.05, 0) is 31.9 Å². The fourth-order valence-electron chi connectivity index (χ4n) is 3.24. The van der Waals surface area contributed by atoms with Gasteiger partial charge in [-0.1, -0.05) is 25.7 Å². The zero-order chi connectivity index (χ0) is 16.2. The highest BCUT2D eigenvalue weighted by Crippen LogP contribution is 2.26. The Hall–Kier alpha value is -2.48. The van der Waals surface area contributed by atoms with E-state index in [1.54, 1.807) is 23.9 Å². The van der Waals surface area contributed by atoms with Crippen molar-refractivity contribution >= 4 is 5.91 Å². The molecule has 1 saturated carbocycles. The Kier molecular flexibility index (Phi) is 4.52. The normalized spacial score (nSPS) is 15.8. The molecule has 1 fully saturated rings. The maximum atomic E-state index is 12.7. The summed E-state index contributed by atoms with van der Waals surface area (Å²) in [5.74, 6) is 0.686. The second-order valence-electron chi connectivity index (χ2n) is 6.08. The molecule has 0 saturated heterocycles. The Labute approximate surface area is 135 Å².